The molecule has 1 aromatic rings. The van der Waals surface area contributed by atoms with Crippen molar-refractivity contribution < 1.29 is 18.0 Å². The zero-order valence-corrected chi connectivity index (χ0v) is 16.5. The highest BCUT2D eigenvalue weighted by molar-refractivity contribution is 5.93. The smallest absolute Gasteiger partial charge is 0.357 e. The van der Waals surface area contributed by atoms with Crippen LogP contribution in [0.4, 0.5) is 13.2 Å². The number of hydrogen-bond donors (Lipinski definition) is 2. The van der Waals surface area contributed by atoms with E-state index in [1.165, 1.54) is 11.8 Å². The second-order valence-corrected chi connectivity index (χ2v) is 6.69. The zero-order valence-electron chi connectivity index (χ0n) is 16.5. The Hall–Kier alpha value is -2.29. The number of benzene rings is 1. The molecule has 156 valence electrons. The predicted octanol–water partition coefficient (Wildman–Crippen LogP) is 2.08. The first kappa shape index (κ1) is 22.0. The number of carbonyl (C=O) groups excluding carboxylic acids is 1. The third kappa shape index (κ3) is 5.85. The van der Waals surface area contributed by atoms with Crippen LogP contribution in [0.2, 0.25) is 0 Å². The van der Waals surface area contributed by atoms with Crippen molar-refractivity contribution in [3.05, 3.63) is 35.4 Å². The Kier molecular flexibility index (Phi) is 7.68. The molecule has 1 fully saturated rings. The van der Waals surface area contributed by atoms with E-state index in [2.05, 4.69) is 15.6 Å². The van der Waals surface area contributed by atoms with E-state index >= 15 is 0 Å². The standard InChI is InChI=1S/C19H28F3N5O/c1-4-24-18(25-13-15-5-7-16(8-6-15)17(28)23-3)27-11-9-26(10-12-27)14(2)19(20,21)22/h5-8,14H,4,9-13H2,1-3H3,(H,23,28)(H,24,25). The van der Waals surface area contributed by atoms with Gasteiger partial charge in [0.05, 0.1) is 6.54 Å². The van der Waals surface area contributed by atoms with Gasteiger partial charge in [-0.15, -0.1) is 0 Å². The summed E-state index contributed by atoms with van der Waals surface area (Å²) in [6.45, 7) is 5.91. The SMILES string of the molecule is CCNC(=NCc1ccc(C(=O)NC)cc1)N1CCN(C(C)C(F)(F)F)CC1. The topological polar surface area (TPSA) is 60.0 Å². The van der Waals surface area contributed by atoms with Gasteiger partial charge in [-0.3, -0.25) is 9.69 Å². The van der Waals surface area contributed by atoms with Crippen molar-refractivity contribution in [3.63, 3.8) is 0 Å². The second-order valence-electron chi connectivity index (χ2n) is 6.69. The van der Waals surface area contributed by atoms with Gasteiger partial charge in [-0.1, -0.05) is 12.1 Å². The van der Waals surface area contributed by atoms with Crippen LogP contribution < -0.4 is 10.6 Å². The Morgan fingerprint density at radius 1 is 1.18 bits per heavy atom. The Bertz CT molecular complexity index is 667. The minimum Gasteiger partial charge on any atom is -0.357 e. The number of alkyl halides is 3. The van der Waals surface area contributed by atoms with Gasteiger partial charge in [0.1, 0.15) is 6.04 Å². The van der Waals surface area contributed by atoms with Crippen LogP contribution in [0.1, 0.15) is 29.8 Å². The molecule has 6 nitrogen and oxygen atoms in total. The molecule has 1 unspecified atom stereocenters. The number of piperazine rings is 1. The summed E-state index contributed by atoms with van der Waals surface area (Å²) in [7, 11) is 1.58. The molecule has 0 bridgehead atoms. The van der Waals surface area contributed by atoms with Gasteiger partial charge in [-0.05, 0) is 31.5 Å². The van der Waals surface area contributed by atoms with Gasteiger partial charge in [-0.25, -0.2) is 4.99 Å². The Balaban J connectivity index is 1.98. The second kappa shape index (κ2) is 9.77. The van der Waals surface area contributed by atoms with Gasteiger partial charge in [0.15, 0.2) is 5.96 Å². The number of nitrogens with one attached hydrogen (secondary N) is 2. The summed E-state index contributed by atoms with van der Waals surface area (Å²) in [5.74, 6) is 0.548. The lowest BCUT2D eigenvalue weighted by molar-refractivity contribution is -0.181. The highest BCUT2D eigenvalue weighted by Gasteiger charge is 2.41. The number of carbonyl (C=O) groups is 1. The lowest BCUT2D eigenvalue weighted by Gasteiger charge is -2.39. The third-order valence-corrected chi connectivity index (χ3v) is 4.82. The van der Waals surface area contributed by atoms with Crippen LogP contribution in [0.15, 0.2) is 29.3 Å². The molecule has 28 heavy (non-hydrogen) atoms. The number of amides is 1. The summed E-state index contributed by atoms with van der Waals surface area (Å²) in [5.41, 5.74) is 1.53. The van der Waals surface area contributed by atoms with E-state index < -0.39 is 12.2 Å². The number of aliphatic imine (C=N–C) groups is 1. The molecule has 1 aromatic carbocycles. The lowest BCUT2D eigenvalue weighted by atomic mass is 10.1. The average molecular weight is 399 g/mol. The molecular weight excluding hydrogens is 371 g/mol. The average Bonchev–Trinajstić information content (AvgIpc) is 2.70. The first-order valence-corrected chi connectivity index (χ1v) is 9.41. The van der Waals surface area contributed by atoms with Crippen LogP contribution in [0.3, 0.4) is 0 Å². The highest BCUT2D eigenvalue weighted by atomic mass is 19.4. The molecule has 1 amide bonds. The number of hydrogen-bond acceptors (Lipinski definition) is 3. The molecule has 1 aliphatic heterocycles. The molecule has 0 aromatic heterocycles. The van der Waals surface area contributed by atoms with Crippen molar-refractivity contribution in [2.24, 2.45) is 4.99 Å². The fourth-order valence-electron chi connectivity index (χ4n) is 3.03. The van der Waals surface area contributed by atoms with Gasteiger partial charge in [0, 0.05) is 45.3 Å². The normalized spacial score (nSPS) is 17.4. The monoisotopic (exact) mass is 399 g/mol. The van der Waals surface area contributed by atoms with Gasteiger partial charge in [-0.2, -0.15) is 13.2 Å². The van der Waals surface area contributed by atoms with E-state index in [4.69, 9.17) is 0 Å². The molecular formula is C19H28F3N5O. The van der Waals surface area contributed by atoms with E-state index in [0.29, 0.717) is 50.8 Å². The maximum atomic E-state index is 12.9. The number of guanidine groups is 1. The largest absolute Gasteiger partial charge is 0.403 e. The maximum absolute atomic E-state index is 12.9. The summed E-state index contributed by atoms with van der Waals surface area (Å²) in [6, 6.07) is 5.75. The van der Waals surface area contributed by atoms with Gasteiger partial charge in [0.2, 0.25) is 0 Å². The van der Waals surface area contributed by atoms with Gasteiger partial charge in [0.25, 0.3) is 5.91 Å². The van der Waals surface area contributed by atoms with E-state index in [-0.39, 0.29) is 5.91 Å². The van der Waals surface area contributed by atoms with Crippen molar-refractivity contribution in [1.82, 2.24) is 20.4 Å². The van der Waals surface area contributed by atoms with Crippen molar-refractivity contribution in [2.75, 3.05) is 39.8 Å². The number of rotatable bonds is 5. The zero-order chi connectivity index (χ0) is 20.7. The maximum Gasteiger partial charge on any atom is 0.403 e. The Labute approximate surface area is 163 Å². The van der Waals surface area contributed by atoms with Crippen LogP contribution in [-0.2, 0) is 6.54 Å². The first-order chi connectivity index (χ1) is 13.3. The molecule has 1 aliphatic rings. The number of nitrogens with zero attached hydrogens (tertiary/aromatic N) is 3. The molecule has 1 heterocycles. The number of halogens is 3. The van der Waals surface area contributed by atoms with Crippen molar-refractivity contribution in [1.29, 1.82) is 0 Å². The van der Waals surface area contributed by atoms with Crippen LogP contribution >= 0.6 is 0 Å². The van der Waals surface area contributed by atoms with Crippen LogP contribution in [0, 0.1) is 0 Å². The van der Waals surface area contributed by atoms with E-state index in [9.17, 15) is 18.0 Å². The Morgan fingerprint density at radius 2 is 1.79 bits per heavy atom. The van der Waals surface area contributed by atoms with E-state index in [0.717, 1.165) is 5.56 Å². The lowest BCUT2D eigenvalue weighted by Crippen LogP contribution is -2.56. The molecule has 0 saturated carbocycles. The van der Waals surface area contributed by atoms with Crippen molar-refractivity contribution in [3.8, 4) is 0 Å². The van der Waals surface area contributed by atoms with Crippen molar-refractivity contribution >= 4 is 11.9 Å². The fourth-order valence-corrected chi connectivity index (χ4v) is 3.03. The summed E-state index contributed by atoms with van der Waals surface area (Å²) in [4.78, 5) is 19.6. The molecule has 2 N–H and O–H groups in total. The minimum atomic E-state index is -4.21. The molecule has 1 saturated heterocycles. The van der Waals surface area contributed by atoms with Gasteiger partial charge < -0.3 is 15.5 Å². The first-order valence-electron chi connectivity index (χ1n) is 9.41. The fraction of sp³-hybridized carbons (Fsp3) is 0.579. The van der Waals surface area contributed by atoms with Crippen LogP contribution in [0.5, 0.6) is 0 Å². The Morgan fingerprint density at radius 3 is 2.29 bits per heavy atom. The van der Waals surface area contributed by atoms with Crippen molar-refractivity contribution in [2.45, 2.75) is 32.6 Å². The molecule has 2 rings (SSSR count). The minimum absolute atomic E-state index is 0.144. The summed E-state index contributed by atoms with van der Waals surface area (Å²) in [5, 5.41) is 5.78. The summed E-state index contributed by atoms with van der Waals surface area (Å²) >= 11 is 0. The van der Waals surface area contributed by atoms with E-state index in [1.54, 1.807) is 19.2 Å². The molecule has 0 aliphatic carbocycles. The summed E-state index contributed by atoms with van der Waals surface area (Å²) in [6.07, 6.45) is -4.21. The van der Waals surface area contributed by atoms with Crippen LogP contribution in [-0.4, -0.2) is 73.7 Å². The molecule has 0 spiro atoms. The predicted molar refractivity (Wildman–Crippen MR) is 103 cm³/mol. The van der Waals surface area contributed by atoms with E-state index in [1.807, 2.05) is 24.0 Å². The molecule has 1 atom stereocenters. The summed E-state index contributed by atoms with van der Waals surface area (Å²) < 4.78 is 38.7. The molecule has 0 radical (unpaired) electrons. The highest BCUT2D eigenvalue weighted by Crippen LogP contribution is 2.25. The molecule has 9 heteroatoms. The van der Waals surface area contributed by atoms with Gasteiger partial charge >= 0.3 is 6.18 Å². The third-order valence-electron chi connectivity index (χ3n) is 4.82. The quantitative estimate of drug-likeness (QED) is 0.588. The van der Waals surface area contributed by atoms with Crippen LogP contribution in [0.25, 0.3) is 0 Å².